The largest absolute Gasteiger partial charge is 0.115 e. The van der Waals surface area contributed by atoms with Crippen molar-refractivity contribution in [2.45, 2.75) is 18.7 Å². The van der Waals surface area contributed by atoms with Crippen LogP contribution in [0.15, 0.2) is 23.8 Å². The van der Waals surface area contributed by atoms with Crippen LogP contribution in [0.4, 0.5) is 0 Å². The highest BCUT2D eigenvalue weighted by Crippen LogP contribution is 2.18. The molecule has 0 radical (unpaired) electrons. The van der Waals surface area contributed by atoms with Crippen LogP contribution in [0.1, 0.15) is 13.8 Å². The second-order valence-electron chi connectivity index (χ2n) is 2.30. The Morgan fingerprint density at radius 1 is 1.56 bits per heavy atom. The minimum absolute atomic E-state index is 0.370. The lowest BCUT2D eigenvalue weighted by atomic mass is 10.2. The van der Waals surface area contributed by atoms with Crippen molar-refractivity contribution in [3.05, 3.63) is 23.8 Å². The van der Waals surface area contributed by atoms with Gasteiger partial charge in [0.1, 0.15) is 0 Å². The van der Waals surface area contributed by atoms with Crippen LogP contribution in [0.5, 0.6) is 0 Å². The summed E-state index contributed by atoms with van der Waals surface area (Å²) in [5.74, 6) is 0. The Hall–Kier alpha value is 0.0600. The van der Waals surface area contributed by atoms with E-state index in [0.717, 1.165) is 0 Å². The summed E-state index contributed by atoms with van der Waals surface area (Å²) >= 11 is 11.4. The smallest absolute Gasteiger partial charge is 0.0586 e. The van der Waals surface area contributed by atoms with E-state index in [2.05, 4.69) is 6.58 Å². The van der Waals surface area contributed by atoms with Gasteiger partial charge in [-0.25, -0.2) is 0 Å². The van der Waals surface area contributed by atoms with Crippen LogP contribution in [0.3, 0.4) is 0 Å². The van der Waals surface area contributed by atoms with E-state index in [1.165, 1.54) is 0 Å². The van der Waals surface area contributed by atoms with Gasteiger partial charge in [0.2, 0.25) is 0 Å². The van der Waals surface area contributed by atoms with E-state index in [0.29, 0.717) is 5.03 Å². The predicted molar refractivity (Wildman–Crippen MR) is 44.1 cm³/mol. The van der Waals surface area contributed by atoms with Gasteiger partial charge in [-0.3, -0.25) is 0 Å². The first-order valence-electron chi connectivity index (χ1n) is 2.65. The summed E-state index contributed by atoms with van der Waals surface area (Å²) in [5, 5.41) is 0.593. The van der Waals surface area contributed by atoms with Crippen LogP contribution in [0, 0.1) is 0 Å². The average molecular weight is 165 g/mol. The normalized spacial score (nSPS) is 13.6. The van der Waals surface area contributed by atoms with E-state index in [1.54, 1.807) is 12.2 Å². The summed E-state index contributed by atoms with van der Waals surface area (Å²) in [6.45, 7) is 7.21. The topological polar surface area (TPSA) is 0 Å². The first-order chi connectivity index (χ1) is 3.95. The van der Waals surface area contributed by atoms with Crippen molar-refractivity contribution in [3.8, 4) is 0 Å². The maximum atomic E-state index is 5.80. The van der Waals surface area contributed by atoms with Gasteiger partial charge in [-0.2, -0.15) is 0 Å². The van der Waals surface area contributed by atoms with Gasteiger partial charge in [-0.1, -0.05) is 24.3 Å². The first kappa shape index (κ1) is 9.06. The lowest BCUT2D eigenvalue weighted by Gasteiger charge is -2.08. The fourth-order valence-corrected chi connectivity index (χ4v) is 0.833. The molecule has 2 heteroatoms. The molecule has 0 spiro atoms. The molecule has 0 heterocycles. The zero-order chi connectivity index (χ0) is 7.49. The molecule has 0 aromatic carbocycles. The predicted octanol–water partition coefficient (Wildman–Crippen LogP) is 3.31. The molecule has 0 saturated carbocycles. The van der Waals surface area contributed by atoms with E-state index in [4.69, 9.17) is 23.2 Å². The van der Waals surface area contributed by atoms with Crippen LogP contribution in [-0.4, -0.2) is 4.87 Å². The molecule has 0 unspecified atom stereocenters. The van der Waals surface area contributed by atoms with Crippen molar-refractivity contribution < 1.29 is 0 Å². The molecule has 0 aliphatic heterocycles. The van der Waals surface area contributed by atoms with Crippen LogP contribution < -0.4 is 0 Å². The van der Waals surface area contributed by atoms with Gasteiger partial charge in [0.15, 0.2) is 0 Å². The molecule has 0 aliphatic carbocycles. The van der Waals surface area contributed by atoms with Gasteiger partial charge >= 0.3 is 0 Å². The monoisotopic (exact) mass is 164 g/mol. The molecule has 0 amide bonds. The summed E-state index contributed by atoms with van der Waals surface area (Å²) in [6, 6.07) is 0. The summed E-state index contributed by atoms with van der Waals surface area (Å²) in [4.78, 5) is -0.370. The summed E-state index contributed by atoms with van der Waals surface area (Å²) in [6.07, 6.45) is 3.30. The molecule has 0 bridgehead atoms. The number of hydrogen-bond acceptors (Lipinski definition) is 0. The number of rotatable bonds is 2. The molecule has 0 nitrogen and oxygen atoms in total. The number of hydrogen-bond donors (Lipinski definition) is 0. The Morgan fingerprint density at radius 3 is 2.11 bits per heavy atom. The second kappa shape index (κ2) is 3.28. The van der Waals surface area contributed by atoms with Crippen molar-refractivity contribution >= 4 is 23.2 Å². The molecule has 0 aromatic heterocycles. The highest BCUT2D eigenvalue weighted by Gasteiger charge is 2.08. The van der Waals surface area contributed by atoms with Gasteiger partial charge in [0.05, 0.1) is 4.87 Å². The minimum Gasteiger partial charge on any atom is -0.115 e. The van der Waals surface area contributed by atoms with Gasteiger partial charge in [-0.15, -0.1) is 11.6 Å². The number of alkyl halides is 1. The average Bonchev–Trinajstić information content (AvgIpc) is 1.62. The molecule has 0 saturated heterocycles. The summed E-state index contributed by atoms with van der Waals surface area (Å²) in [7, 11) is 0. The molecule has 0 aliphatic rings. The van der Waals surface area contributed by atoms with Crippen molar-refractivity contribution in [1.29, 1.82) is 0 Å². The van der Waals surface area contributed by atoms with E-state index in [1.807, 2.05) is 13.8 Å². The van der Waals surface area contributed by atoms with Crippen molar-refractivity contribution in [2.24, 2.45) is 0 Å². The fourth-order valence-electron chi connectivity index (χ4n) is 0.387. The Bertz CT molecular complexity index is 128. The van der Waals surface area contributed by atoms with Crippen molar-refractivity contribution in [2.75, 3.05) is 0 Å². The van der Waals surface area contributed by atoms with Crippen LogP contribution in [0.25, 0.3) is 0 Å². The highest BCUT2D eigenvalue weighted by atomic mass is 35.5. The number of allylic oxidation sites excluding steroid dienone is 3. The van der Waals surface area contributed by atoms with Gasteiger partial charge in [-0.05, 0) is 19.9 Å². The molecule has 0 atom stereocenters. The van der Waals surface area contributed by atoms with Crippen LogP contribution >= 0.6 is 23.2 Å². The Labute approximate surface area is 66.2 Å². The molecule has 52 valence electrons. The lowest BCUT2D eigenvalue weighted by molar-refractivity contribution is 0.880. The fraction of sp³-hybridized carbons (Fsp3) is 0.429. The maximum Gasteiger partial charge on any atom is 0.0586 e. The lowest BCUT2D eigenvalue weighted by Crippen LogP contribution is -2.04. The van der Waals surface area contributed by atoms with Crippen LogP contribution in [0.2, 0.25) is 0 Å². The molecule has 0 N–H and O–H groups in total. The maximum absolute atomic E-state index is 5.80. The highest BCUT2D eigenvalue weighted by molar-refractivity contribution is 6.32. The van der Waals surface area contributed by atoms with E-state index < -0.39 is 0 Å². The third-order valence-electron chi connectivity index (χ3n) is 0.676. The van der Waals surface area contributed by atoms with E-state index in [-0.39, 0.29) is 4.87 Å². The standard InChI is InChI=1S/C7H10Cl2/c1-4-6(8)5-7(2,3)9/h4-5H,1H2,2-3H3. The Morgan fingerprint density at radius 2 is 2.00 bits per heavy atom. The molecule has 0 aromatic rings. The van der Waals surface area contributed by atoms with Gasteiger partial charge < -0.3 is 0 Å². The van der Waals surface area contributed by atoms with Gasteiger partial charge in [0, 0.05) is 5.03 Å². The third kappa shape index (κ3) is 5.94. The second-order valence-corrected chi connectivity index (χ2v) is 3.71. The van der Waals surface area contributed by atoms with E-state index >= 15 is 0 Å². The van der Waals surface area contributed by atoms with Gasteiger partial charge in [0.25, 0.3) is 0 Å². The van der Waals surface area contributed by atoms with Crippen molar-refractivity contribution in [3.63, 3.8) is 0 Å². The third-order valence-corrected chi connectivity index (χ3v) is 1.05. The Kier molecular flexibility index (Phi) is 3.31. The SMILES string of the molecule is C=CC(Cl)=CC(C)(C)Cl. The van der Waals surface area contributed by atoms with Crippen molar-refractivity contribution in [1.82, 2.24) is 0 Å². The van der Waals surface area contributed by atoms with Crippen LogP contribution in [-0.2, 0) is 0 Å². The van der Waals surface area contributed by atoms with E-state index in [9.17, 15) is 0 Å². The minimum atomic E-state index is -0.370. The molecule has 9 heavy (non-hydrogen) atoms. The summed E-state index contributed by atoms with van der Waals surface area (Å²) < 4.78 is 0. The zero-order valence-electron chi connectivity index (χ0n) is 5.62. The quantitative estimate of drug-likeness (QED) is 0.435. The number of halogens is 2. The molecular weight excluding hydrogens is 155 g/mol. The molecule has 0 rings (SSSR count). The summed E-state index contributed by atoms with van der Waals surface area (Å²) in [5.41, 5.74) is 0. The zero-order valence-corrected chi connectivity index (χ0v) is 7.13. The molecule has 0 fully saturated rings. The Balaban J connectivity index is 4.11. The first-order valence-corrected chi connectivity index (χ1v) is 3.41. The molecular formula is C7H10Cl2.